The van der Waals surface area contributed by atoms with E-state index in [-0.39, 0.29) is 0 Å². The van der Waals surface area contributed by atoms with Gasteiger partial charge in [0.05, 0.1) is 0 Å². The van der Waals surface area contributed by atoms with Gasteiger partial charge in [-0.1, -0.05) is 6.92 Å². The molecule has 0 aromatic carbocycles. The van der Waals surface area contributed by atoms with Crippen LogP contribution in [0.3, 0.4) is 0 Å². The second-order valence-electron chi connectivity index (χ2n) is 4.78. The number of nitrogens with two attached hydrogens (primary N) is 1. The second-order valence-corrected chi connectivity index (χ2v) is 4.78. The highest BCUT2D eigenvalue weighted by atomic mass is 15.3. The molecular formula is C13H23N5. The lowest BCUT2D eigenvalue weighted by Crippen LogP contribution is -2.52. The van der Waals surface area contributed by atoms with Crippen LogP contribution in [-0.4, -0.2) is 53.6 Å². The summed E-state index contributed by atoms with van der Waals surface area (Å²) in [7, 11) is 0. The van der Waals surface area contributed by atoms with Crippen LogP contribution in [0.1, 0.15) is 19.2 Å². The Bertz CT molecular complexity index is 369. The van der Waals surface area contributed by atoms with E-state index in [1.807, 2.05) is 19.2 Å². The SMILES string of the molecule is CCC(CN)N1CCN(c2ccnc(C)n2)CC1. The van der Waals surface area contributed by atoms with Crippen molar-refractivity contribution in [3.05, 3.63) is 18.1 Å². The molecule has 1 aliphatic rings. The Kier molecular flexibility index (Phi) is 4.49. The minimum Gasteiger partial charge on any atom is -0.354 e. The lowest BCUT2D eigenvalue weighted by atomic mass is 10.1. The number of nitrogens with zero attached hydrogens (tertiary/aromatic N) is 4. The molecule has 0 aliphatic carbocycles. The lowest BCUT2D eigenvalue weighted by Gasteiger charge is -2.39. The molecule has 0 amide bonds. The van der Waals surface area contributed by atoms with Gasteiger partial charge in [0.25, 0.3) is 0 Å². The molecule has 2 rings (SSSR count). The maximum absolute atomic E-state index is 5.80. The Hall–Kier alpha value is -1.20. The van der Waals surface area contributed by atoms with Crippen LogP contribution < -0.4 is 10.6 Å². The molecule has 0 spiro atoms. The van der Waals surface area contributed by atoms with Crippen molar-refractivity contribution in [3.63, 3.8) is 0 Å². The zero-order chi connectivity index (χ0) is 13.0. The first-order valence-corrected chi connectivity index (χ1v) is 6.73. The molecule has 0 bridgehead atoms. The highest BCUT2D eigenvalue weighted by Gasteiger charge is 2.22. The first kappa shape index (κ1) is 13.2. The van der Waals surface area contributed by atoms with Gasteiger partial charge >= 0.3 is 0 Å². The molecule has 5 heteroatoms. The highest BCUT2D eigenvalue weighted by molar-refractivity contribution is 5.37. The van der Waals surface area contributed by atoms with Crippen LogP contribution in [0.25, 0.3) is 0 Å². The summed E-state index contributed by atoms with van der Waals surface area (Å²) in [5.74, 6) is 1.88. The van der Waals surface area contributed by atoms with Crippen molar-refractivity contribution in [1.82, 2.24) is 14.9 Å². The third-order valence-corrected chi connectivity index (χ3v) is 3.66. The van der Waals surface area contributed by atoms with Crippen molar-refractivity contribution in [1.29, 1.82) is 0 Å². The van der Waals surface area contributed by atoms with Gasteiger partial charge in [0.2, 0.25) is 0 Å². The van der Waals surface area contributed by atoms with Gasteiger partial charge in [0.15, 0.2) is 0 Å². The zero-order valence-corrected chi connectivity index (χ0v) is 11.3. The molecule has 1 aliphatic heterocycles. The van der Waals surface area contributed by atoms with Gasteiger partial charge in [0.1, 0.15) is 11.6 Å². The summed E-state index contributed by atoms with van der Waals surface area (Å²) in [5.41, 5.74) is 5.80. The molecule has 2 heterocycles. The monoisotopic (exact) mass is 249 g/mol. The molecule has 1 aromatic heterocycles. The first-order valence-electron chi connectivity index (χ1n) is 6.73. The quantitative estimate of drug-likeness (QED) is 0.849. The fraction of sp³-hybridized carbons (Fsp3) is 0.692. The van der Waals surface area contributed by atoms with E-state index in [2.05, 4.69) is 26.7 Å². The van der Waals surface area contributed by atoms with Crippen molar-refractivity contribution in [2.45, 2.75) is 26.3 Å². The zero-order valence-electron chi connectivity index (χ0n) is 11.3. The fourth-order valence-electron chi connectivity index (χ4n) is 2.51. The van der Waals surface area contributed by atoms with Gasteiger partial charge in [0, 0.05) is 45.0 Å². The summed E-state index contributed by atoms with van der Waals surface area (Å²) in [6.45, 7) is 9.07. The molecule has 1 fully saturated rings. The van der Waals surface area contributed by atoms with Gasteiger partial charge in [-0.25, -0.2) is 9.97 Å². The van der Waals surface area contributed by atoms with Crippen LogP contribution in [-0.2, 0) is 0 Å². The van der Waals surface area contributed by atoms with Gasteiger partial charge in [-0.3, -0.25) is 4.90 Å². The molecule has 18 heavy (non-hydrogen) atoms. The number of hydrogen-bond donors (Lipinski definition) is 1. The van der Waals surface area contributed by atoms with E-state index in [9.17, 15) is 0 Å². The van der Waals surface area contributed by atoms with Gasteiger partial charge in [-0.15, -0.1) is 0 Å². The van der Waals surface area contributed by atoms with Crippen LogP contribution in [0.5, 0.6) is 0 Å². The minimum atomic E-state index is 0.527. The third kappa shape index (κ3) is 2.97. The molecule has 1 unspecified atom stereocenters. The lowest BCUT2D eigenvalue weighted by molar-refractivity contribution is 0.184. The number of aromatic nitrogens is 2. The summed E-state index contributed by atoms with van der Waals surface area (Å²) in [4.78, 5) is 13.4. The number of rotatable bonds is 4. The summed E-state index contributed by atoms with van der Waals surface area (Å²) in [6.07, 6.45) is 2.96. The van der Waals surface area contributed by atoms with Crippen LogP contribution in [0.4, 0.5) is 5.82 Å². The highest BCUT2D eigenvalue weighted by Crippen LogP contribution is 2.15. The summed E-state index contributed by atoms with van der Waals surface area (Å²) in [6, 6.07) is 2.52. The number of piperazine rings is 1. The van der Waals surface area contributed by atoms with Crippen molar-refractivity contribution >= 4 is 5.82 Å². The molecule has 0 radical (unpaired) electrons. The number of anilines is 1. The van der Waals surface area contributed by atoms with Crippen molar-refractivity contribution < 1.29 is 0 Å². The average Bonchev–Trinajstić information content (AvgIpc) is 2.41. The van der Waals surface area contributed by atoms with E-state index in [0.717, 1.165) is 50.8 Å². The van der Waals surface area contributed by atoms with E-state index in [0.29, 0.717) is 6.04 Å². The van der Waals surface area contributed by atoms with Gasteiger partial charge < -0.3 is 10.6 Å². The average molecular weight is 249 g/mol. The smallest absolute Gasteiger partial charge is 0.132 e. The van der Waals surface area contributed by atoms with E-state index in [4.69, 9.17) is 5.73 Å². The largest absolute Gasteiger partial charge is 0.354 e. The fourth-order valence-corrected chi connectivity index (χ4v) is 2.51. The van der Waals surface area contributed by atoms with Crippen LogP contribution in [0.2, 0.25) is 0 Å². The minimum absolute atomic E-state index is 0.527. The Morgan fingerprint density at radius 2 is 2.06 bits per heavy atom. The van der Waals surface area contributed by atoms with Gasteiger partial charge in [-0.05, 0) is 19.4 Å². The Labute approximate surface area is 109 Å². The van der Waals surface area contributed by atoms with Crippen LogP contribution >= 0.6 is 0 Å². The molecule has 1 saturated heterocycles. The maximum Gasteiger partial charge on any atom is 0.132 e. The molecule has 0 saturated carbocycles. The third-order valence-electron chi connectivity index (χ3n) is 3.66. The Morgan fingerprint density at radius 3 is 2.61 bits per heavy atom. The van der Waals surface area contributed by atoms with E-state index in [1.54, 1.807) is 0 Å². The maximum atomic E-state index is 5.80. The predicted molar refractivity (Wildman–Crippen MR) is 73.7 cm³/mol. The summed E-state index contributed by atoms with van der Waals surface area (Å²) >= 11 is 0. The van der Waals surface area contributed by atoms with Crippen molar-refractivity contribution in [2.75, 3.05) is 37.6 Å². The molecule has 2 N–H and O–H groups in total. The molecule has 5 nitrogen and oxygen atoms in total. The van der Waals surface area contributed by atoms with E-state index < -0.39 is 0 Å². The summed E-state index contributed by atoms with van der Waals surface area (Å²) in [5, 5.41) is 0. The second kappa shape index (κ2) is 6.11. The topological polar surface area (TPSA) is 58.3 Å². The number of hydrogen-bond acceptors (Lipinski definition) is 5. The molecular weight excluding hydrogens is 226 g/mol. The van der Waals surface area contributed by atoms with Gasteiger partial charge in [-0.2, -0.15) is 0 Å². The Balaban J connectivity index is 1.94. The van der Waals surface area contributed by atoms with Crippen LogP contribution in [0.15, 0.2) is 12.3 Å². The first-order chi connectivity index (χ1) is 8.74. The Morgan fingerprint density at radius 1 is 1.33 bits per heavy atom. The van der Waals surface area contributed by atoms with Crippen LogP contribution in [0, 0.1) is 6.92 Å². The predicted octanol–water partition coefficient (Wildman–Crippen LogP) is 0.644. The van der Waals surface area contributed by atoms with Crippen molar-refractivity contribution in [2.24, 2.45) is 5.73 Å². The van der Waals surface area contributed by atoms with E-state index >= 15 is 0 Å². The molecule has 1 atom stereocenters. The molecule has 100 valence electrons. The normalized spacial score (nSPS) is 18.9. The van der Waals surface area contributed by atoms with Crippen molar-refractivity contribution in [3.8, 4) is 0 Å². The van der Waals surface area contributed by atoms with E-state index in [1.165, 1.54) is 0 Å². The number of aryl methyl sites for hydroxylation is 1. The summed E-state index contributed by atoms with van der Waals surface area (Å²) < 4.78 is 0. The standard InChI is InChI=1S/C13H23N5/c1-3-12(10-14)17-6-8-18(9-7-17)13-4-5-15-11(2)16-13/h4-5,12H,3,6-10,14H2,1-2H3. The molecule has 1 aromatic rings.